The monoisotopic (exact) mass is 290 g/mol. The summed E-state index contributed by atoms with van der Waals surface area (Å²) < 4.78 is 5.76. The van der Waals surface area contributed by atoms with Gasteiger partial charge in [-0.25, -0.2) is 0 Å². The molecule has 1 saturated carbocycles. The molecule has 1 aromatic carbocycles. The number of amides is 1. The van der Waals surface area contributed by atoms with Gasteiger partial charge in [-0.15, -0.1) is 0 Å². The maximum absolute atomic E-state index is 11.8. The number of hydrogen-bond donors (Lipinski definition) is 2. The molecule has 0 saturated heterocycles. The second kappa shape index (κ2) is 8.80. The Balaban J connectivity index is 1.55. The quantitative estimate of drug-likeness (QED) is 0.723. The van der Waals surface area contributed by atoms with E-state index in [0.29, 0.717) is 19.1 Å². The van der Waals surface area contributed by atoms with Crippen LogP contribution in [0.25, 0.3) is 0 Å². The van der Waals surface area contributed by atoms with Crippen LogP contribution in [0.3, 0.4) is 0 Å². The number of ether oxygens (including phenoxy) is 1. The van der Waals surface area contributed by atoms with Gasteiger partial charge < -0.3 is 15.8 Å². The van der Waals surface area contributed by atoms with Crippen LogP contribution in [-0.2, 0) is 9.53 Å². The fourth-order valence-corrected chi connectivity index (χ4v) is 2.69. The fourth-order valence-electron chi connectivity index (χ4n) is 2.69. The van der Waals surface area contributed by atoms with Crippen molar-refractivity contribution in [2.24, 2.45) is 5.73 Å². The van der Waals surface area contributed by atoms with Gasteiger partial charge in [0.1, 0.15) is 0 Å². The molecule has 1 aromatic rings. The number of nitrogens with two attached hydrogens (primary N) is 1. The minimum Gasteiger partial charge on any atom is -0.378 e. The van der Waals surface area contributed by atoms with Crippen molar-refractivity contribution in [3.05, 3.63) is 35.9 Å². The van der Waals surface area contributed by atoms with E-state index in [2.05, 4.69) is 5.32 Å². The zero-order valence-electron chi connectivity index (χ0n) is 12.6. The summed E-state index contributed by atoms with van der Waals surface area (Å²) in [6, 6.07) is 9.49. The summed E-state index contributed by atoms with van der Waals surface area (Å²) in [5.41, 5.74) is 7.02. The second-order valence-corrected chi connectivity index (χ2v) is 5.70. The maximum Gasteiger partial charge on any atom is 0.221 e. The van der Waals surface area contributed by atoms with E-state index in [1.165, 1.54) is 25.7 Å². The van der Waals surface area contributed by atoms with Crippen LogP contribution in [0.1, 0.15) is 50.1 Å². The first-order chi connectivity index (χ1) is 10.3. The summed E-state index contributed by atoms with van der Waals surface area (Å²) in [5.74, 6) is 0.00668. The highest BCUT2D eigenvalue weighted by Gasteiger charge is 2.15. The van der Waals surface area contributed by atoms with E-state index in [0.717, 1.165) is 18.6 Å². The van der Waals surface area contributed by atoms with Crippen LogP contribution in [0.4, 0.5) is 0 Å². The molecular weight excluding hydrogens is 264 g/mol. The summed E-state index contributed by atoms with van der Waals surface area (Å²) in [6.07, 6.45) is 6.61. The Morgan fingerprint density at radius 2 is 2.00 bits per heavy atom. The molecule has 0 spiro atoms. The Bertz CT molecular complexity index is 416. The van der Waals surface area contributed by atoms with Crippen molar-refractivity contribution in [3.8, 4) is 0 Å². The summed E-state index contributed by atoms with van der Waals surface area (Å²) in [6.45, 7) is 1.39. The predicted octanol–water partition coefficient (Wildman–Crippen LogP) is 2.54. The molecule has 0 radical (unpaired) electrons. The van der Waals surface area contributed by atoms with E-state index < -0.39 is 0 Å². The molecule has 0 aliphatic heterocycles. The summed E-state index contributed by atoms with van der Waals surface area (Å²) in [5, 5.41) is 2.91. The van der Waals surface area contributed by atoms with Gasteiger partial charge in [0.15, 0.2) is 0 Å². The highest BCUT2D eigenvalue weighted by molar-refractivity contribution is 5.76. The first-order valence-corrected chi connectivity index (χ1v) is 7.94. The molecule has 1 amide bonds. The number of benzene rings is 1. The lowest BCUT2D eigenvalue weighted by Gasteiger charge is -2.13. The highest BCUT2D eigenvalue weighted by Crippen LogP contribution is 2.20. The Morgan fingerprint density at radius 1 is 1.29 bits per heavy atom. The van der Waals surface area contributed by atoms with E-state index in [1.54, 1.807) is 0 Å². The lowest BCUT2D eigenvalue weighted by Crippen LogP contribution is -2.29. The maximum atomic E-state index is 11.8. The Hall–Kier alpha value is -1.39. The molecule has 1 aliphatic rings. The third-order valence-corrected chi connectivity index (χ3v) is 3.93. The molecule has 4 heteroatoms. The van der Waals surface area contributed by atoms with Crippen molar-refractivity contribution in [1.82, 2.24) is 5.32 Å². The van der Waals surface area contributed by atoms with Crippen LogP contribution in [0.5, 0.6) is 0 Å². The van der Waals surface area contributed by atoms with Crippen molar-refractivity contribution < 1.29 is 9.53 Å². The van der Waals surface area contributed by atoms with Crippen molar-refractivity contribution in [2.45, 2.75) is 50.7 Å². The second-order valence-electron chi connectivity index (χ2n) is 5.70. The van der Waals surface area contributed by atoms with E-state index in [-0.39, 0.29) is 11.9 Å². The van der Waals surface area contributed by atoms with Gasteiger partial charge >= 0.3 is 0 Å². The van der Waals surface area contributed by atoms with Gasteiger partial charge in [0.25, 0.3) is 0 Å². The Labute approximate surface area is 127 Å². The topological polar surface area (TPSA) is 64.4 Å². The zero-order chi connectivity index (χ0) is 14.9. The molecule has 0 bridgehead atoms. The first kappa shape index (κ1) is 16.0. The standard InChI is InChI=1S/C17H26N2O2/c18-16(14-7-2-1-3-8-14)13-17(20)19-11-6-12-21-15-9-4-5-10-15/h1-3,7-8,15-16H,4-6,9-13,18H2,(H,19,20). The van der Waals surface area contributed by atoms with Gasteiger partial charge in [0, 0.05) is 25.6 Å². The third-order valence-electron chi connectivity index (χ3n) is 3.93. The summed E-state index contributed by atoms with van der Waals surface area (Å²) >= 11 is 0. The largest absolute Gasteiger partial charge is 0.378 e. The van der Waals surface area contributed by atoms with Gasteiger partial charge in [-0.1, -0.05) is 43.2 Å². The molecule has 0 heterocycles. The van der Waals surface area contributed by atoms with Gasteiger partial charge in [-0.2, -0.15) is 0 Å². The van der Waals surface area contributed by atoms with Crippen LogP contribution in [-0.4, -0.2) is 25.2 Å². The molecule has 4 nitrogen and oxygen atoms in total. The highest BCUT2D eigenvalue weighted by atomic mass is 16.5. The summed E-state index contributed by atoms with van der Waals surface area (Å²) in [7, 11) is 0. The van der Waals surface area contributed by atoms with Crippen molar-refractivity contribution >= 4 is 5.91 Å². The zero-order valence-corrected chi connectivity index (χ0v) is 12.6. The smallest absolute Gasteiger partial charge is 0.221 e. The molecular formula is C17H26N2O2. The minimum atomic E-state index is -0.235. The van der Waals surface area contributed by atoms with Gasteiger partial charge in [0.05, 0.1) is 6.10 Å². The molecule has 0 aromatic heterocycles. The van der Waals surface area contributed by atoms with E-state index in [4.69, 9.17) is 10.5 Å². The molecule has 3 N–H and O–H groups in total. The first-order valence-electron chi connectivity index (χ1n) is 7.94. The lowest BCUT2D eigenvalue weighted by molar-refractivity contribution is -0.121. The minimum absolute atomic E-state index is 0.00668. The van der Waals surface area contributed by atoms with Crippen molar-refractivity contribution in [3.63, 3.8) is 0 Å². The number of carbonyl (C=O) groups is 1. The predicted molar refractivity (Wildman–Crippen MR) is 83.8 cm³/mol. The summed E-state index contributed by atoms with van der Waals surface area (Å²) in [4.78, 5) is 11.8. The lowest BCUT2D eigenvalue weighted by atomic mass is 10.0. The van der Waals surface area contributed by atoms with Crippen molar-refractivity contribution in [2.75, 3.05) is 13.2 Å². The van der Waals surface area contributed by atoms with E-state index in [9.17, 15) is 4.79 Å². The SMILES string of the molecule is NC(CC(=O)NCCCOC1CCCC1)c1ccccc1. The molecule has 1 unspecified atom stereocenters. The van der Waals surface area contributed by atoms with Gasteiger partial charge in [-0.3, -0.25) is 4.79 Å². The number of hydrogen-bond acceptors (Lipinski definition) is 3. The van der Waals surface area contributed by atoms with E-state index >= 15 is 0 Å². The van der Waals surface area contributed by atoms with Crippen LogP contribution >= 0.6 is 0 Å². The molecule has 2 rings (SSSR count). The van der Waals surface area contributed by atoms with Crippen LogP contribution in [0, 0.1) is 0 Å². The van der Waals surface area contributed by atoms with Crippen LogP contribution in [0.15, 0.2) is 30.3 Å². The molecule has 1 fully saturated rings. The molecule has 116 valence electrons. The average molecular weight is 290 g/mol. The van der Waals surface area contributed by atoms with Gasteiger partial charge in [0.2, 0.25) is 5.91 Å². The third kappa shape index (κ3) is 5.86. The number of rotatable bonds is 8. The van der Waals surface area contributed by atoms with Crippen LogP contribution < -0.4 is 11.1 Å². The molecule has 1 aliphatic carbocycles. The molecule has 1 atom stereocenters. The molecule has 21 heavy (non-hydrogen) atoms. The number of carbonyl (C=O) groups excluding carboxylic acids is 1. The van der Waals surface area contributed by atoms with Crippen molar-refractivity contribution in [1.29, 1.82) is 0 Å². The van der Waals surface area contributed by atoms with Gasteiger partial charge in [-0.05, 0) is 24.8 Å². The average Bonchev–Trinajstić information content (AvgIpc) is 3.01. The normalized spacial score (nSPS) is 16.8. The Kier molecular flexibility index (Phi) is 6.70. The fraction of sp³-hybridized carbons (Fsp3) is 0.588. The van der Waals surface area contributed by atoms with E-state index in [1.807, 2.05) is 30.3 Å². The Morgan fingerprint density at radius 3 is 2.71 bits per heavy atom. The van der Waals surface area contributed by atoms with Crippen LogP contribution in [0.2, 0.25) is 0 Å². The number of nitrogens with one attached hydrogen (secondary N) is 1.